The minimum absolute atomic E-state index is 0.0392. The van der Waals surface area contributed by atoms with E-state index in [9.17, 15) is 9.90 Å². The summed E-state index contributed by atoms with van der Waals surface area (Å²) < 4.78 is 1.79. The van der Waals surface area contributed by atoms with Gasteiger partial charge in [0.1, 0.15) is 0 Å². The Morgan fingerprint density at radius 2 is 2.16 bits per heavy atom. The van der Waals surface area contributed by atoms with Crippen molar-refractivity contribution < 1.29 is 5.11 Å². The maximum atomic E-state index is 11.9. The van der Waals surface area contributed by atoms with E-state index in [0.717, 1.165) is 50.1 Å². The molecule has 1 aliphatic rings. The average Bonchev–Trinajstić information content (AvgIpc) is 2.94. The highest BCUT2D eigenvalue weighted by molar-refractivity contribution is 5.74. The van der Waals surface area contributed by atoms with Gasteiger partial charge in [0, 0.05) is 19.6 Å². The van der Waals surface area contributed by atoms with Crippen LogP contribution in [0.25, 0.3) is 11.0 Å². The SMILES string of the molecule is O=c1[nH]c2ccccc2n1CCCN1CC[C@H](O)C1. The molecule has 1 atom stereocenters. The van der Waals surface area contributed by atoms with Crippen molar-refractivity contribution in [2.45, 2.75) is 25.5 Å². The van der Waals surface area contributed by atoms with Gasteiger partial charge >= 0.3 is 5.69 Å². The van der Waals surface area contributed by atoms with E-state index in [1.165, 1.54) is 0 Å². The molecule has 5 heteroatoms. The second-order valence-corrected chi connectivity index (χ2v) is 5.20. The second kappa shape index (κ2) is 5.19. The van der Waals surface area contributed by atoms with Crippen molar-refractivity contribution >= 4 is 11.0 Å². The summed E-state index contributed by atoms with van der Waals surface area (Å²) in [7, 11) is 0. The highest BCUT2D eigenvalue weighted by Gasteiger charge is 2.19. The van der Waals surface area contributed by atoms with Crippen molar-refractivity contribution in [2.24, 2.45) is 0 Å². The minimum Gasteiger partial charge on any atom is -0.392 e. The summed E-state index contributed by atoms with van der Waals surface area (Å²) in [5.74, 6) is 0. The number of aromatic amines is 1. The first-order chi connectivity index (χ1) is 9.24. The molecule has 2 aromatic rings. The van der Waals surface area contributed by atoms with Crippen LogP contribution in [-0.4, -0.2) is 45.3 Å². The number of hydrogen-bond acceptors (Lipinski definition) is 3. The van der Waals surface area contributed by atoms with E-state index in [4.69, 9.17) is 0 Å². The zero-order chi connectivity index (χ0) is 13.2. The van der Waals surface area contributed by atoms with Crippen molar-refractivity contribution in [3.8, 4) is 0 Å². The van der Waals surface area contributed by atoms with Crippen LogP contribution in [0.2, 0.25) is 0 Å². The number of imidazole rings is 1. The number of likely N-dealkylation sites (tertiary alicyclic amines) is 1. The van der Waals surface area contributed by atoms with Crippen LogP contribution < -0.4 is 5.69 Å². The molecule has 1 saturated heterocycles. The molecule has 0 bridgehead atoms. The van der Waals surface area contributed by atoms with Gasteiger partial charge in [0.05, 0.1) is 17.1 Å². The number of aryl methyl sites for hydroxylation is 1. The van der Waals surface area contributed by atoms with Crippen LogP contribution in [-0.2, 0) is 6.54 Å². The number of H-pyrrole nitrogens is 1. The van der Waals surface area contributed by atoms with Gasteiger partial charge in [0.15, 0.2) is 0 Å². The molecule has 1 aliphatic heterocycles. The predicted molar refractivity (Wildman–Crippen MR) is 74.2 cm³/mol. The van der Waals surface area contributed by atoms with E-state index in [1.54, 1.807) is 4.57 Å². The minimum atomic E-state index is -0.171. The Balaban J connectivity index is 1.65. The summed E-state index contributed by atoms with van der Waals surface area (Å²) in [5, 5.41) is 9.47. The molecule has 1 aromatic carbocycles. The zero-order valence-electron chi connectivity index (χ0n) is 10.9. The largest absolute Gasteiger partial charge is 0.392 e. The van der Waals surface area contributed by atoms with E-state index in [0.29, 0.717) is 0 Å². The Labute approximate surface area is 111 Å². The fourth-order valence-electron chi connectivity index (χ4n) is 2.80. The van der Waals surface area contributed by atoms with Gasteiger partial charge in [-0.1, -0.05) is 12.1 Å². The van der Waals surface area contributed by atoms with E-state index in [-0.39, 0.29) is 11.8 Å². The van der Waals surface area contributed by atoms with Gasteiger partial charge < -0.3 is 15.0 Å². The van der Waals surface area contributed by atoms with Crippen molar-refractivity contribution in [3.05, 3.63) is 34.7 Å². The summed E-state index contributed by atoms with van der Waals surface area (Å²) in [6.07, 6.45) is 1.62. The maximum absolute atomic E-state index is 11.9. The molecular weight excluding hydrogens is 242 g/mol. The summed E-state index contributed by atoms with van der Waals surface area (Å²) in [5.41, 5.74) is 1.82. The first kappa shape index (κ1) is 12.4. The quantitative estimate of drug-likeness (QED) is 0.855. The highest BCUT2D eigenvalue weighted by Crippen LogP contribution is 2.11. The number of rotatable bonds is 4. The van der Waals surface area contributed by atoms with Crippen LogP contribution in [0.5, 0.6) is 0 Å². The molecule has 0 saturated carbocycles. The lowest BCUT2D eigenvalue weighted by Crippen LogP contribution is -2.25. The molecule has 0 aliphatic carbocycles. The van der Waals surface area contributed by atoms with Gasteiger partial charge in [0.25, 0.3) is 0 Å². The Morgan fingerprint density at radius 3 is 2.95 bits per heavy atom. The summed E-state index contributed by atoms with van der Waals surface area (Å²) in [6, 6.07) is 7.76. The third-order valence-corrected chi connectivity index (χ3v) is 3.79. The maximum Gasteiger partial charge on any atom is 0.326 e. The Morgan fingerprint density at radius 1 is 1.32 bits per heavy atom. The highest BCUT2D eigenvalue weighted by atomic mass is 16.3. The Bertz CT molecular complexity index is 616. The van der Waals surface area contributed by atoms with Gasteiger partial charge in [-0.05, 0) is 31.5 Å². The molecule has 1 fully saturated rings. The van der Waals surface area contributed by atoms with Crippen LogP contribution in [0.1, 0.15) is 12.8 Å². The number of hydrogen-bond donors (Lipinski definition) is 2. The number of aliphatic hydroxyl groups excluding tert-OH is 1. The molecule has 5 nitrogen and oxygen atoms in total. The first-order valence-electron chi connectivity index (χ1n) is 6.82. The van der Waals surface area contributed by atoms with Crippen LogP contribution >= 0.6 is 0 Å². The summed E-state index contributed by atoms with van der Waals surface area (Å²) in [6.45, 7) is 3.38. The van der Waals surface area contributed by atoms with Crippen LogP contribution in [0.3, 0.4) is 0 Å². The monoisotopic (exact) mass is 261 g/mol. The van der Waals surface area contributed by atoms with Crippen molar-refractivity contribution in [2.75, 3.05) is 19.6 Å². The zero-order valence-corrected chi connectivity index (χ0v) is 10.9. The number of aromatic nitrogens is 2. The van der Waals surface area contributed by atoms with E-state index < -0.39 is 0 Å². The second-order valence-electron chi connectivity index (χ2n) is 5.20. The molecule has 2 heterocycles. The van der Waals surface area contributed by atoms with Crippen LogP contribution in [0, 0.1) is 0 Å². The number of β-amino-alcohol motifs (C(OH)–C–C–N with tert-alkyl or cyclic N) is 1. The summed E-state index contributed by atoms with van der Waals surface area (Å²) in [4.78, 5) is 17.0. The van der Waals surface area contributed by atoms with Crippen molar-refractivity contribution in [3.63, 3.8) is 0 Å². The molecule has 0 radical (unpaired) electrons. The third-order valence-electron chi connectivity index (χ3n) is 3.79. The number of para-hydroxylation sites is 2. The lowest BCUT2D eigenvalue weighted by Gasteiger charge is -2.14. The number of benzene rings is 1. The van der Waals surface area contributed by atoms with E-state index >= 15 is 0 Å². The fraction of sp³-hybridized carbons (Fsp3) is 0.500. The number of aliphatic hydroxyl groups is 1. The molecule has 1 aromatic heterocycles. The number of nitrogens with one attached hydrogen (secondary N) is 1. The van der Waals surface area contributed by atoms with Crippen molar-refractivity contribution in [1.29, 1.82) is 0 Å². The van der Waals surface area contributed by atoms with Crippen LogP contribution in [0.4, 0.5) is 0 Å². The normalized spacial score (nSPS) is 20.4. The average molecular weight is 261 g/mol. The third kappa shape index (κ3) is 2.57. The van der Waals surface area contributed by atoms with Gasteiger partial charge in [-0.25, -0.2) is 4.79 Å². The molecule has 3 rings (SSSR count). The Hall–Kier alpha value is -1.59. The van der Waals surface area contributed by atoms with Gasteiger partial charge in [-0.2, -0.15) is 0 Å². The Kier molecular flexibility index (Phi) is 3.40. The van der Waals surface area contributed by atoms with Crippen molar-refractivity contribution in [1.82, 2.24) is 14.5 Å². The summed E-state index contributed by atoms with van der Waals surface area (Å²) >= 11 is 0. The van der Waals surface area contributed by atoms with E-state index in [1.807, 2.05) is 24.3 Å². The van der Waals surface area contributed by atoms with Crippen LogP contribution in [0.15, 0.2) is 29.1 Å². The predicted octanol–water partition coefficient (Wildman–Crippen LogP) is 0.786. The molecule has 102 valence electrons. The van der Waals surface area contributed by atoms with Gasteiger partial charge in [-0.15, -0.1) is 0 Å². The number of nitrogens with zero attached hydrogens (tertiary/aromatic N) is 2. The smallest absolute Gasteiger partial charge is 0.326 e. The molecule has 19 heavy (non-hydrogen) atoms. The molecule has 0 amide bonds. The topological polar surface area (TPSA) is 61.3 Å². The number of fused-ring (bicyclic) bond motifs is 1. The van der Waals surface area contributed by atoms with Gasteiger partial charge in [-0.3, -0.25) is 4.57 Å². The molecule has 2 N–H and O–H groups in total. The standard InChI is InChI=1S/C14H19N3O2/c18-11-6-9-16(10-11)7-3-8-17-13-5-2-1-4-12(13)15-14(17)19/h1-2,4-5,11,18H,3,6-10H2,(H,15,19)/t11-/m0/s1. The molecule has 0 spiro atoms. The lowest BCUT2D eigenvalue weighted by atomic mass is 10.3. The van der Waals surface area contributed by atoms with E-state index in [2.05, 4.69) is 9.88 Å². The molecule has 0 unspecified atom stereocenters. The molecular formula is C14H19N3O2. The fourth-order valence-corrected chi connectivity index (χ4v) is 2.80. The van der Waals surface area contributed by atoms with Gasteiger partial charge in [0.2, 0.25) is 0 Å². The first-order valence-corrected chi connectivity index (χ1v) is 6.82. The lowest BCUT2D eigenvalue weighted by molar-refractivity contribution is 0.175.